The van der Waals surface area contributed by atoms with Gasteiger partial charge in [-0.3, -0.25) is 10.00 Å². The number of pyridine rings is 1. The maximum Gasteiger partial charge on any atom is 0.135 e. The number of likely N-dealkylation sites (tertiary alicyclic amines) is 1. The van der Waals surface area contributed by atoms with Crippen molar-refractivity contribution in [1.82, 2.24) is 30.0 Å². The van der Waals surface area contributed by atoms with E-state index in [1.165, 1.54) is 6.42 Å². The van der Waals surface area contributed by atoms with E-state index in [0.29, 0.717) is 6.04 Å². The molecule has 0 spiro atoms. The van der Waals surface area contributed by atoms with Gasteiger partial charge in [0.2, 0.25) is 0 Å². The van der Waals surface area contributed by atoms with Gasteiger partial charge in [0, 0.05) is 30.7 Å². The molecule has 3 aromatic rings. The van der Waals surface area contributed by atoms with Crippen LogP contribution in [0.25, 0.3) is 0 Å². The summed E-state index contributed by atoms with van der Waals surface area (Å²) in [6.07, 6.45) is 5.86. The smallest absolute Gasteiger partial charge is 0.135 e. The first-order chi connectivity index (χ1) is 12.7. The number of hydrogen-bond donors (Lipinski definition) is 2. The predicted octanol–water partition coefficient (Wildman–Crippen LogP) is 3.29. The van der Waals surface area contributed by atoms with Crippen LogP contribution in [0.4, 0.5) is 11.6 Å². The van der Waals surface area contributed by atoms with E-state index in [-0.39, 0.29) is 0 Å². The first-order valence-electron chi connectivity index (χ1n) is 8.95. The highest BCUT2D eigenvalue weighted by molar-refractivity contribution is 5.55. The summed E-state index contributed by atoms with van der Waals surface area (Å²) in [6.45, 7) is 5.90. The van der Waals surface area contributed by atoms with Crippen molar-refractivity contribution in [2.45, 2.75) is 39.3 Å². The lowest BCUT2D eigenvalue weighted by atomic mass is 10.1. The number of nitrogens with one attached hydrogen (secondary N) is 2. The molecular weight excluding hydrogens is 326 g/mol. The predicted molar refractivity (Wildman–Crippen MR) is 100.0 cm³/mol. The minimum Gasteiger partial charge on any atom is -0.325 e. The largest absolute Gasteiger partial charge is 0.325 e. The molecule has 1 atom stereocenters. The third-order valence-corrected chi connectivity index (χ3v) is 4.75. The van der Waals surface area contributed by atoms with Gasteiger partial charge in [0.05, 0.1) is 11.7 Å². The highest BCUT2D eigenvalue weighted by Gasteiger charge is 2.28. The van der Waals surface area contributed by atoms with Crippen LogP contribution in [0, 0.1) is 13.8 Å². The SMILES string of the molecule is Cc1nc(Nc2ncccc2C)cc(C2CCCN2Cc2ccn[nH]2)n1. The molecule has 0 saturated carbocycles. The second-order valence-corrected chi connectivity index (χ2v) is 6.73. The first-order valence-corrected chi connectivity index (χ1v) is 8.95. The van der Waals surface area contributed by atoms with Gasteiger partial charge in [-0.05, 0) is 50.9 Å². The second-order valence-electron chi connectivity index (χ2n) is 6.73. The van der Waals surface area contributed by atoms with Crippen LogP contribution in [0.3, 0.4) is 0 Å². The van der Waals surface area contributed by atoms with Crippen LogP contribution in [0.2, 0.25) is 0 Å². The highest BCUT2D eigenvalue weighted by Crippen LogP contribution is 2.33. The van der Waals surface area contributed by atoms with Crippen LogP contribution in [-0.2, 0) is 6.54 Å². The van der Waals surface area contributed by atoms with Gasteiger partial charge in [-0.1, -0.05) is 6.07 Å². The van der Waals surface area contributed by atoms with E-state index < -0.39 is 0 Å². The molecule has 1 aliphatic rings. The van der Waals surface area contributed by atoms with Gasteiger partial charge in [0.1, 0.15) is 17.5 Å². The summed E-state index contributed by atoms with van der Waals surface area (Å²) in [7, 11) is 0. The Morgan fingerprint density at radius 3 is 2.96 bits per heavy atom. The average Bonchev–Trinajstić information content (AvgIpc) is 3.29. The second kappa shape index (κ2) is 7.21. The number of hydrogen-bond acceptors (Lipinski definition) is 6. The fourth-order valence-corrected chi connectivity index (χ4v) is 3.51. The van der Waals surface area contributed by atoms with E-state index in [1.54, 1.807) is 12.4 Å². The summed E-state index contributed by atoms with van der Waals surface area (Å²) in [6, 6.07) is 8.34. The molecule has 4 rings (SSSR count). The van der Waals surface area contributed by atoms with Crippen molar-refractivity contribution in [1.29, 1.82) is 0 Å². The maximum absolute atomic E-state index is 4.72. The van der Waals surface area contributed by atoms with Gasteiger partial charge in [0.25, 0.3) is 0 Å². The Morgan fingerprint density at radius 2 is 2.15 bits per heavy atom. The lowest BCUT2D eigenvalue weighted by Gasteiger charge is -2.24. The Bertz CT molecular complexity index is 875. The molecule has 0 amide bonds. The summed E-state index contributed by atoms with van der Waals surface area (Å²) in [5, 5.41) is 10.4. The summed E-state index contributed by atoms with van der Waals surface area (Å²) in [5.74, 6) is 2.40. The average molecular weight is 349 g/mol. The number of rotatable bonds is 5. The zero-order valence-electron chi connectivity index (χ0n) is 15.1. The molecule has 26 heavy (non-hydrogen) atoms. The van der Waals surface area contributed by atoms with Gasteiger partial charge >= 0.3 is 0 Å². The number of anilines is 2. The Kier molecular flexibility index (Phi) is 4.62. The Labute approximate surface area is 152 Å². The molecule has 1 saturated heterocycles. The summed E-state index contributed by atoms with van der Waals surface area (Å²) >= 11 is 0. The fraction of sp³-hybridized carbons (Fsp3) is 0.368. The van der Waals surface area contributed by atoms with Crippen molar-refractivity contribution in [3.63, 3.8) is 0 Å². The van der Waals surface area contributed by atoms with Crippen molar-refractivity contribution in [2.75, 3.05) is 11.9 Å². The molecule has 4 heterocycles. The topological polar surface area (TPSA) is 82.6 Å². The molecule has 0 radical (unpaired) electrons. The van der Waals surface area contributed by atoms with E-state index in [1.807, 2.05) is 32.0 Å². The van der Waals surface area contributed by atoms with E-state index in [2.05, 4.69) is 36.4 Å². The molecule has 1 aliphatic heterocycles. The maximum atomic E-state index is 4.72. The van der Waals surface area contributed by atoms with Crippen LogP contribution in [-0.4, -0.2) is 36.6 Å². The summed E-state index contributed by atoms with van der Waals surface area (Å²) in [4.78, 5) is 16.1. The van der Waals surface area contributed by atoms with Crippen molar-refractivity contribution in [2.24, 2.45) is 0 Å². The molecule has 1 fully saturated rings. The number of aromatic amines is 1. The molecule has 0 aromatic carbocycles. The number of H-pyrrole nitrogens is 1. The van der Waals surface area contributed by atoms with Crippen molar-refractivity contribution >= 4 is 11.6 Å². The summed E-state index contributed by atoms with van der Waals surface area (Å²) in [5.41, 5.74) is 3.28. The fourth-order valence-electron chi connectivity index (χ4n) is 3.51. The zero-order valence-corrected chi connectivity index (χ0v) is 15.1. The quantitative estimate of drug-likeness (QED) is 0.735. The monoisotopic (exact) mass is 349 g/mol. The van der Waals surface area contributed by atoms with Crippen molar-refractivity contribution in [3.8, 4) is 0 Å². The van der Waals surface area contributed by atoms with E-state index in [0.717, 1.165) is 53.9 Å². The minimum atomic E-state index is 0.297. The Hall–Kier alpha value is -2.80. The number of aromatic nitrogens is 5. The van der Waals surface area contributed by atoms with Gasteiger partial charge in [-0.15, -0.1) is 0 Å². The number of aryl methyl sites for hydroxylation is 2. The molecule has 2 N–H and O–H groups in total. The van der Waals surface area contributed by atoms with Crippen LogP contribution in [0.15, 0.2) is 36.7 Å². The molecule has 0 aliphatic carbocycles. The third kappa shape index (κ3) is 3.57. The number of nitrogens with zero attached hydrogens (tertiary/aromatic N) is 5. The third-order valence-electron chi connectivity index (χ3n) is 4.75. The highest BCUT2D eigenvalue weighted by atomic mass is 15.2. The van der Waals surface area contributed by atoms with E-state index in [4.69, 9.17) is 4.98 Å². The lowest BCUT2D eigenvalue weighted by molar-refractivity contribution is 0.241. The van der Waals surface area contributed by atoms with Crippen molar-refractivity contribution in [3.05, 3.63) is 59.4 Å². The zero-order chi connectivity index (χ0) is 17.9. The van der Waals surface area contributed by atoms with E-state index >= 15 is 0 Å². The van der Waals surface area contributed by atoms with Crippen LogP contribution < -0.4 is 5.32 Å². The molecular formula is C19H23N7. The Morgan fingerprint density at radius 1 is 1.23 bits per heavy atom. The minimum absolute atomic E-state index is 0.297. The van der Waals surface area contributed by atoms with Gasteiger partial charge in [-0.25, -0.2) is 15.0 Å². The van der Waals surface area contributed by atoms with Crippen LogP contribution >= 0.6 is 0 Å². The molecule has 134 valence electrons. The van der Waals surface area contributed by atoms with E-state index in [9.17, 15) is 0 Å². The standard InChI is InChI=1S/C19H23N7/c1-13-5-3-8-20-19(13)24-18-11-16(22-14(2)23-18)17-6-4-10-26(17)12-15-7-9-21-25-15/h3,5,7-9,11,17H,4,6,10,12H2,1-2H3,(H,21,25)(H,20,22,23,24). The molecule has 7 nitrogen and oxygen atoms in total. The van der Waals surface area contributed by atoms with Gasteiger partial charge in [0.15, 0.2) is 0 Å². The Balaban J connectivity index is 1.58. The normalized spacial score (nSPS) is 17.5. The molecule has 7 heteroatoms. The molecule has 0 bridgehead atoms. The van der Waals surface area contributed by atoms with Crippen LogP contribution in [0.5, 0.6) is 0 Å². The molecule has 3 aromatic heterocycles. The first kappa shape index (κ1) is 16.7. The summed E-state index contributed by atoms with van der Waals surface area (Å²) < 4.78 is 0. The lowest BCUT2D eigenvalue weighted by Crippen LogP contribution is -2.24. The molecule has 1 unspecified atom stereocenters. The van der Waals surface area contributed by atoms with Gasteiger partial charge in [-0.2, -0.15) is 5.10 Å². The van der Waals surface area contributed by atoms with Gasteiger partial charge < -0.3 is 5.32 Å². The van der Waals surface area contributed by atoms with Crippen molar-refractivity contribution < 1.29 is 0 Å². The van der Waals surface area contributed by atoms with Crippen LogP contribution in [0.1, 0.15) is 41.7 Å².